The summed E-state index contributed by atoms with van der Waals surface area (Å²) in [7, 11) is 5.31. The lowest BCUT2D eigenvalue weighted by Gasteiger charge is -2.21. The lowest BCUT2D eigenvalue weighted by molar-refractivity contribution is -0.140. The number of likely N-dealkylation sites (N-methyl/N-ethyl adjacent to an activating group) is 2. The molecule has 2 amide bonds. The van der Waals surface area contributed by atoms with E-state index in [1.165, 1.54) is 4.90 Å². The van der Waals surface area contributed by atoms with Gasteiger partial charge >= 0.3 is 12.0 Å². The molecule has 0 aromatic heterocycles. The number of aliphatic hydroxyl groups is 1. The van der Waals surface area contributed by atoms with Crippen LogP contribution in [0.15, 0.2) is 0 Å². The van der Waals surface area contributed by atoms with E-state index in [0.717, 1.165) is 0 Å². The Morgan fingerprint density at radius 1 is 1.25 bits per heavy atom. The third-order valence-corrected chi connectivity index (χ3v) is 2.01. The van der Waals surface area contributed by atoms with E-state index in [1.807, 2.05) is 19.0 Å². The average molecular weight is 233 g/mol. The van der Waals surface area contributed by atoms with Gasteiger partial charge in [0.1, 0.15) is 0 Å². The van der Waals surface area contributed by atoms with Crippen LogP contribution in [0.25, 0.3) is 0 Å². The van der Waals surface area contributed by atoms with Crippen LogP contribution in [-0.2, 0) is 4.79 Å². The van der Waals surface area contributed by atoms with E-state index < -0.39 is 24.6 Å². The van der Waals surface area contributed by atoms with Crippen LogP contribution in [0.4, 0.5) is 4.79 Å². The van der Waals surface area contributed by atoms with Gasteiger partial charge in [-0.05, 0) is 14.1 Å². The number of rotatable bonds is 6. The SMILES string of the molecule is CN(C)CCN(C)C(=O)NC(CO)C(=O)O. The van der Waals surface area contributed by atoms with Crippen LogP contribution in [0.3, 0.4) is 0 Å². The highest BCUT2D eigenvalue weighted by atomic mass is 16.4. The van der Waals surface area contributed by atoms with Gasteiger partial charge in [0.25, 0.3) is 0 Å². The zero-order valence-corrected chi connectivity index (χ0v) is 9.80. The van der Waals surface area contributed by atoms with Crippen molar-refractivity contribution in [2.24, 2.45) is 0 Å². The summed E-state index contributed by atoms with van der Waals surface area (Å²) in [5, 5.41) is 19.6. The molecule has 94 valence electrons. The zero-order chi connectivity index (χ0) is 12.7. The first kappa shape index (κ1) is 14.7. The molecule has 0 fully saturated rings. The molecule has 0 saturated carbocycles. The van der Waals surface area contributed by atoms with E-state index >= 15 is 0 Å². The van der Waals surface area contributed by atoms with Crippen LogP contribution in [0.1, 0.15) is 0 Å². The summed E-state index contributed by atoms with van der Waals surface area (Å²) in [6.45, 7) is 0.542. The van der Waals surface area contributed by atoms with Crippen molar-refractivity contribution in [3.63, 3.8) is 0 Å². The second-order valence-corrected chi connectivity index (χ2v) is 3.75. The van der Waals surface area contributed by atoms with Crippen molar-refractivity contribution >= 4 is 12.0 Å². The number of carboxylic acid groups (broad SMARTS) is 1. The quantitative estimate of drug-likeness (QED) is 0.526. The molecule has 0 aromatic carbocycles. The number of nitrogens with zero attached hydrogens (tertiary/aromatic N) is 2. The van der Waals surface area contributed by atoms with Crippen LogP contribution in [0, 0.1) is 0 Å². The van der Waals surface area contributed by atoms with Gasteiger partial charge in [0, 0.05) is 20.1 Å². The number of carbonyl (C=O) groups is 2. The molecule has 0 bridgehead atoms. The van der Waals surface area contributed by atoms with Crippen LogP contribution in [-0.4, -0.2) is 78.9 Å². The fraction of sp³-hybridized carbons (Fsp3) is 0.778. The third-order valence-electron chi connectivity index (χ3n) is 2.01. The molecule has 16 heavy (non-hydrogen) atoms. The summed E-state index contributed by atoms with van der Waals surface area (Å²) in [6.07, 6.45) is 0. The number of carbonyl (C=O) groups excluding carboxylic acids is 1. The van der Waals surface area contributed by atoms with E-state index in [1.54, 1.807) is 7.05 Å². The minimum atomic E-state index is -1.26. The molecule has 3 N–H and O–H groups in total. The van der Waals surface area contributed by atoms with Gasteiger partial charge in [-0.25, -0.2) is 9.59 Å². The van der Waals surface area contributed by atoms with E-state index in [0.29, 0.717) is 13.1 Å². The summed E-state index contributed by atoms with van der Waals surface area (Å²) in [6, 6.07) is -1.77. The van der Waals surface area contributed by atoms with Gasteiger partial charge in [-0.1, -0.05) is 0 Å². The molecule has 0 aliphatic heterocycles. The van der Waals surface area contributed by atoms with Gasteiger partial charge in [0.2, 0.25) is 0 Å². The van der Waals surface area contributed by atoms with Crippen molar-refractivity contribution in [2.75, 3.05) is 40.8 Å². The molecule has 0 aliphatic carbocycles. The van der Waals surface area contributed by atoms with Crippen molar-refractivity contribution in [2.45, 2.75) is 6.04 Å². The highest BCUT2D eigenvalue weighted by molar-refractivity contribution is 5.82. The molecule has 0 heterocycles. The summed E-state index contributed by atoms with van der Waals surface area (Å²) >= 11 is 0. The molecule has 0 rings (SSSR count). The molecule has 7 heteroatoms. The number of hydrogen-bond acceptors (Lipinski definition) is 4. The molecule has 0 spiro atoms. The van der Waals surface area contributed by atoms with Gasteiger partial charge in [0.15, 0.2) is 6.04 Å². The normalized spacial score (nSPS) is 12.3. The number of amides is 2. The molecule has 0 aromatic rings. The largest absolute Gasteiger partial charge is 0.480 e. The molecule has 0 radical (unpaired) electrons. The summed E-state index contributed by atoms with van der Waals surface area (Å²) in [5.41, 5.74) is 0. The Hall–Kier alpha value is -1.34. The van der Waals surface area contributed by atoms with Crippen LogP contribution in [0.2, 0.25) is 0 Å². The van der Waals surface area contributed by atoms with E-state index in [2.05, 4.69) is 5.32 Å². The average Bonchev–Trinajstić information content (AvgIpc) is 2.21. The first-order chi connectivity index (χ1) is 7.38. The maximum Gasteiger partial charge on any atom is 0.328 e. The zero-order valence-electron chi connectivity index (χ0n) is 9.80. The Bertz CT molecular complexity index is 245. The number of hydrogen-bond donors (Lipinski definition) is 3. The monoisotopic (exact) mass is 233 g/mol. The van der Waals surface area contributed by atoms with Gasteiger partial charge in [-0.2, -0.15) is 0 Å². The predicted molar refractivity (Wildman–Crippen MR) is 58.2 cm³/mol. The molecule has 0 saturated heterocycles. The molecule has 7 nitrogen and oxygen atoms in total. The minimum Gasteiger partial charge on any atom is -0.480 e. The Kier molecular flexibility index (Phi) is 6.43. The van der Waals surface area contributed by atoms with E-state index in [9.17, 15) is 9.59 Å². The number of aliphatic carboxylic acids is 1. The van der Waals surface area contributed by atoms with Crippen molar-refractivity contribution in [3.05, 3.63) is 0 Å². The molecule has 0 aliphatic rings. The van der Waals surface area contributed by atoms with E-state index in [-0.39, 0.29) is 0 Å². The number of aliphatic hydroxyl groups excluding tert-OH is 1. The highest BCUT2D eigenvalue weighted by Gasteiger charge is 2.20. The van der Waals surface area contributed by atoms with Gasteiger partial charge in [-0.3, -0.25) is 0 Å². The Morgan fingerprint density at radius 2 is 1.81 bits per heavy atom. The second kappa shape index (κ2) is 7.02. The number of urea groups is 1. The Balaban J connectivity index is 4.08. The smallest absolute Gasteiger partial charge is 0.328 e. The van der Waals surface area contributed by atoms with E-state index in [4.69, 9.17) is 10.2 Å². The summed E-state index contributed by atoms with van der Waals surface area (Å²) in [5.74, 6) is -1.25. The van der Waals surface area contributed by atoms with Crippen molar-refractivity contribution in [1.82, 2.24) is 15.1 Å². The first-order valence-corrected chi connectivity index (χ1v) is 4.88. The second-order valence-electron chi connectivity index (χ2n) is 3.75. The highest BCUT2D eigenvalue weighted by Crippen LogP contribution is 1.89. The maximum absolute atomic E-state index is 11.5. The first-order valence-electron chi connectivity index (χ1n) is 4.88. The number of nitrogens with one attached hydrogen (secondary N) is 1. The lowest BCUT2D eigenvalue weighted by atomic mass is 10.3. The number of carboxylic acids is 1. The topological polar surface area (TPSA) is 93.1 Å². The lowest BCUT2D eigenvalue weighted by Crippen LogP contribution is -2.49. The van der Waals surface area contributed by atoms with Crippen LogP contribution in [0.5, 0.6) is 0 Å². The van der Waals surface area contributed by atoms with Crippen LogP contribution >= 0.6 is 0 Å². The van der Waals surface area contributed by atoms with Gasteiger partial charge < -0.3 is 25.3 Å². The standard InChI is InChI=1S/C9H19N3O4/c1-11(2)4-5-12(3)9(16)10-7(6-13)8(14)15/h7,13H,4-6H2,1-3H3,(H,10,16)(H,14,15). The fourth-order valence-corrected chi connectivity index (χ4v) is 0.896. The molecule has 1 atom stereocenters. The maximum atomic E-state index is 11.5. The summed E-state index contributed by atoms with van der Waals surface area (Å²) in [4.78, 5) is 25.3. The summed E-state index contributed by atoms with van der Waals surface area (Å²) < 4.78 is 0. The van der Waals surface area contributed by atoms with Crippen molar-refractivity contribution in [1.29, 1.82) is 0 Å². The fourth-order valence-electron chi connectivity index (χ4n) is 0.896. The predicted octanol–water partition coefficient (Wildman–Crippen LogP) is -1.37. The van der Waals surface area contributed by atoms with Crippen molar-refractivity contribution < 1.29 is 19.8 Å². The molecule has 1 unspecified atom stereocenters. The Labute approximate surface area is 94.6 Å². The molecular weight excluding hydrogens is 214 g/mol. The Morgan fingerprint density at radius 3 is 2.19 bits per heavy atom. The van der Waals surface area contributed by atoms with Crippen molar-refractivity contribution in [3.8, 4) is 0 Å². The molecular formula is C9H19N3O4. The van der Waals surface area contributed by atoms with Gasteiger partial charge in [-0.15, -0.1) is 0 Å². The van der Waals surface area contributed by atoms with Crippen LogP contribution < -0.4 is 5.32 Å². The van der Waals surface area contributed by atoms with Gasteiger partial charge in [0.05, 0.1) is 6.61 Å². The minimum absolute atomic E-state index is 0.483. The third kappa shape index (κ3) is 5.52.